The highest BCUT2D eigenvalue weighted by atomic mass is 35.5. The Kier molecular flexibility index (Phi) is 4.81. The van der Waals surface area contributed by atoms with Gasteiger partial charge in [-0.3, -0.25) is 9.69 Å². The monoisotopic (exact) mass is 407 g/mol. The third kappa shape index (κ3) is 3.66. The van der Waals surface area contributed by atoms with Gasteiger partial charge >= 0.3 is 0 Å². The van der Waals surface area contributed by atoms with E-state index in [1.807, 2.05) is 53.1 Å². The number of carbonyl (C=O) groups is 1. The van der Waals surface area contributed by atoms with Gasteiger partial charge in [0, 0.05) is 43.3 Å². The van der Waals surface area contributed by atoms with Crippen LogP contribution in [0.1, 0.15) is 22.0 Å². The molecule has 1 N–H and O–H groups in total. The molecule has 0 aliphatic carbocycles. The Bertz CT molecular complexity index is 1030. The Labute approximate surface area is 174 Å². The zero-order valence-corrected chi connectivity index (χ0v) is 16.7. The number of likely N-dealkylation sites (tertiary alicyclic amines) is 1. The van der Waals surface area contributed by atoms with Crippen LogP contribution in [-0.2, 0) is 19.5 Å². The molecule has 1 fully saturated rings. The minimum absolute atomic E-state index is 0.209. The molecule has 0 saturated carbocycles. The average molecular weight is 408 g/mol. The molecule has 0 bridgehead atoms. The molecule has 3 heterocycles. The minimum Gasteiger partial charge on any atom is -0.319 e. The van der Waals surface area contributed by atoms with E-state index in [0.717, 1.165) is 54.7 Å². The van der Waals surface area contributed by atoms with E-state index in [9.17, 15) is 4.79 Å². The van der Waals surface area contributed by atoms with E-state index in [4.69, 9.17) is 11.6 Å². The highest BCUT2D eigenvalue weighted by Gasteiger charge is 2.39. The molecule has 1 saturated heterocycles. The maximum absolute atomic E-state index is 12.7. The van der Waals surface area contributed by atoms with Crippen molar-refractivity contribution in [1.82, 2.24) is 19.7 Å². The van der Waals surface area contributed by atoms with Crippen molar-refractivity contribution in [3.63, 3.8) is 0 Å². The molecule has 3 aromatic rings. The molecule has 148 valence electrons. The Morgan fingerprint density at radius 1 is 1.00 bits per heavy atom. The fourth-order valence-corrected chi connectivity index (χ4v) is 4.69. The molecule has 6 nitrogen and oxygen atoms in total. The van der Waals surface area contributed by atoms with Crippen LogP contribution in [0.4, 0.5) is 5.69 Å². The molecule has 1 amide bonds. The van der Waals surface area contributed by atoms with Gasteiger partial charge in [-0.15, -0.1) is 10.2 Å². The number of aromatic nitrogens is 3. The van der Waals surface area contributed by atoms with Gasteiger partial charge in [0.25, 0.3) is 5.91 Å². The summed E-state index contributed by atoms with van der Waals surface area (Å²) in [6.45, 7) is 3.65. The largest absolute Gasteiger partial charge is 0.319 e. The fourth-order valence-electron chi connectivity index (χ4n) is 4.49. The Balaban J connectivity index is 1.29. The van der Waals surface area contributed by atoms with Gasteiger partial charge in [-0.05, 0) is 35.6 Å². The average Bonchev–Trinajstić information content (AvgIpc) is 3.31. The third-order valence-electron chi connectivity index (χ3n) is 5.93. The fraction of sp³-hybridized carbons (Fsp3) is 0.318. The second-order valence-corrected chi connectivity index (χ2v) is 8.29. The topological polar surface area (TPSA) is 63.1 Å². The number of halogens is 1. The second-order valence-electron chi connectivity index (χ2n) is 7.88. The van der Waals surface area contributed by atoms with Crippen LogP contribution in [0.5, 0.6) is 0 Å². The zero-order valence-electron chi connectivity index (χ0n) is 16.0. The first-order valence-electron chi connectivity index (χ1n) is 9.91. The van der Waals surface area contributed by atoms with Crippen LogP contribution < -0.4 is 5.32 Å². The van der Waals surface area contributed by atoms with E-state index < -0.39 is 0 Å². The molecule has 0 unspecified atom stereocenters. The number of hydrogen-bond donors (Lipinski definition) is 1. The van der Waals surface area contributed by atoms with Gasteiger partial charge in [-0.25, -0.2) is 0 Å². The summed E-state index contributed by atoms with van der Waals surface area (Å²) in [5.41, 5.74) is 1.92. The number of para-hydroxylation sites is 1. The molecule has 2 aromatic carbocycles. The normalized spacial score (nSPS) is 20.9. The Morgan fingerprint density at radius 3 is 2.59 bits per heavy atom. The molecule has 1 aromatic heterocycles. The van der Waals surface area contributed by atoms with Crippen LogP contribution >= 0.6 is 11.6 Å². The van der Waals surface area contributed by atoms with E-state index >= 15 is 0 Å². The highest BCUT2D eigenvalue weighted by Crippen LogP contribution is 2.34. The molecular weight excluding hydrogens is 386 g/mol. The van der Waals surface area contributed by atoms with Crippen molar-refractivity contribution in [2.45, 2.75) is 19.5 Å². The van der Waals surface area contributed by atoms with E-state index in [1.54, 1.807) is 0 Å². The molecule has 2 aliphatic rings. The number of nitrogens with zero attached hydrogens (tertiary/aromatic N) is 4. The first-order valence-corrected chi connectivity index (χ1v) is 10.3. The summed E-state index contributed by atoms with van der Waals surface area (Å²) in [6, 6.07) is 17.5. The molecule has 0 spiro atoms. The van der Waals surface area contributed by atoms with Crippen molar-refractivity contribution >= 4 is 23.2 Å². The standard InChI is InChI=1S/C22H22ClN5O/c23-19-9-5-4-6-15(19)11-27-12-16-10-20-25-26-21(28(20)14-17(16)13-27)22(29)24-18-7-2-1-3-8-18/h1-9,16-17H,10-14H2,(H,24,29)/t16-,17+/m0/s1. The maximum atomic E-state index is 12.7. The molecule has 2 aliphatic heterocycles. The summed E-state index contributed by atoms with van der Waals surface area (Å²) in [6.07, 6.45) is 0.856. The van der Waals surface area contributed by atoms with Gasteiger partial charge in [-0.1, -0.05) is 48.0 Å². The lowest BCUT2D eigenvalue weighted by Crippen LogP contribution is -2.31. The quantitative estimate of drug-likeness (QED) is 0.719. The van der Waals surface area contributed by atoms with Gasteiger partial charge < -0.3 is 9.88 Å². The Morgan fingerprint density at radius 2 is 1.76 bits per heavy atom. The van der Waals surface area contributed by atoms with E-state index in [0.29, 0.717) is 17.7 Å². The molecular formula is C22H22ClN5O. The van der Waals surface area contributed by atoms with Crippen LogP contribution in [0, 0.1) is 11.8 Å². The maximum Gasteiger partial charge on any atom is 0.293 e. The molecule has 0 radical (unpaired) electrons. The second kappa shape index (κ2) is 7.61. The van der Waals surface area contributed by atoms with Gasteiger partial charge in [-0.2, -0.15) is 0 Å². The molecule has 29 heavy (non-hydrogen) atoms. The predicted molar refractivity (Wildman–Crippen MR) is 112 cm³/mol. The highest BCUT2D eigenvalue weighted by molar-refractivity contribution is 6.31. The summed E-state index contributed by atoms with van der Waals surface area (Å²) in [7, 11) is 0. The number of rotatable bonds is 4. The van der Waals surface area contributed by atoms with Crippen LogP contribution in [-0.4, -0.2) is 38.7 Å². The third-order valence-corrected chi connectivity index (χ3v) is 6.30. The predicted octanol–water partition coefficient (Wildman–Crippen LogP) is 3.49. The van der Waals surface area contributed by atoms with E-state index in [2.05, 4.69) is 26.5 Å². The van der Waals surface area contributed by atoms with Gasteiger partial charge in [0.1, 0.15) is 5.82 Å². The van der Waals surface area contributed by atoms with Crippen molar-refractivity contribution in [3.8, 4) is 0 Å². The number of benzene rings is 2. The number of fused-ring (bicyclic) bond motifs is 2. The lowest BCUT2D eigenvalue weighted by Gasteiger charge is -2.25. The Hall–Kier alpha value is -2.70. The lowest BCUT2D eigenvalue weighted by molar-refractivity contribution is 0.100. The van der Waals surface area contributed by atoms with Gasteiger partial charge in [0.2, 0.25) is 5.82 Å². The van der Waals surface area contributed by atoms with Crippen LogP contribution in [0.2, 0.25) is 5.02 Å². The van der Waals surface area contributed by atoms with Crippen LogP contribution in [0.15, 0.2) is 54.6 Å². The van der Waals surface area contributed by atoms with Crippen molar-refractivity contribution in [2.24, 2.45) is 11.8 Å². The summed E-state index contributed by atoms with van der Waals surface area (Å²) >= 11 is 6.34. The minimum atomic E-state index is -0.209. The van der Waals surface area contributed by atoms with Crippen molar-refractivity contribution in [1.29, 1.82) is 0 Å². The number of hydrogen-bond acceptors (Lipinski definition) is 4. The smallest absolute Gasteiger partial charge is 0.293 e. The van der Waals surface area contributed by atoms with E-state index in [-0.39, 0.29) is 5.91 Å². The van der Waals surface area contributed by atoms with Gasteiger partial charge in [0.15, 0.2) is 0 Å². The van der Waals surface area contributed by atoms with Crippen LogP contribution in [0.25, 0.3) is 0 Å². The van der Waals surface area contributed by atoms with E-state index in [1.165, 1.54) is 0 Å². The summed E-state index contributed by atoms with van der Waals surface area (Å²) < 4.78 is 2.00. The molecule has 2 atom stereocenters. The number of nitrogens with one attached hydrogen (secondary N) is 1. The lowest BCUT2D eigenvalue weighted by atomic mass is 9.89. The van der Waals surface area contributed by atoms with Crippen molar-refractivity contribution in [2.75, 3.05) is 18.4 Å². The summed E-state index contributed by atoms with van der Waals surface area (Å²) in [5.74, 6) is 2.12. The summed E-state index contributed by atoms with van der Waals surface area (Å²) in [5, 5.41) is 12.2. The first-order chi connectivity index (χ1) is 14.2. The molecule has 5 rings (SSSR count). The summed E-state index contributed by atoms with van der Waals surface area (Å²) in [4.78, 5) is 15.2. The SMILES string of the molecule is O=C(Nc1ccccc1)c1nnc2n1C[C@H]1CN(Cc3ccccc3Cl)C[C@@H]1C2. The number of anilines is 1. The zero-order chi connectivity index (χ0) is 19.8. The number of carbonyl (C=O) groups excluding carboxylic acids is 1. The van der Waals surface area contributed by atoms with Crippen molar-refractivity contribution < 1.29 is 4.79 Å². The molecule has 7 heteroatoms. The van der Waals surface area contributed by atoms with Gasteiger partial charge in [0.05, 0.1) is 0 Å². The van der Waals surface area contributed by atoms with Crippen LogP contribution in [0.3, 0.4) is 0 Å². The first kappa shape index (κ1) is 18.3. The van der Waals surface area contributed by atoms with Crippen molar-refractivity contribution in [3.05, 3.63) is 76.8 Å². The number of amides is 1.